The van der Waals surface area contributed by atoms with Gasteiger partial charge in [0.15, 0.2) is 6.10 Å². The van der Waals surface area contributed by atoms with Crippen LogP contribution in [0.4, 0.5) is 5.69 Å². The molecular formula is C14H20N2O4. The molecule has 1 aromatic carbocycles. The Balaban J connectivity index is 2.80. The molecule has 20 heavy (non-hydrogen) atoms. The number of methoxy groups -OCH3 is 1. The summed E-state index contributed by atoms with van der Waals surface area (Å²) in [4.78, 5) is 23.2. The molecule has 0 aromatic heterocycles. The number of amides is 1. The molecule has 6 nitrogen and oxygen atoms in total. The molecule has 1 amide bonds. The van der Waals surface area contributed by atoms with E-state index in [1.165, 1.54) is 25.3 Å². The standard InChI is InChI=1S/C14H20N2O4/c1-4-7-16-13(17)9(2)20-12-8-10(14(18)19-3)5-6-11(12)15/h5-6,8-9H,4,7,15H2,1-3H3,(H,16,17). The van der Waals surface area contributed by atoms with Gasteiger partial charge < -0.3 is 20.5 Å². The molecule has 0 spiro atoms. The molecule has 0 aliphatic carbocycles. The number of carbonyl (C=O) groups excluding carboxylic acids is 2. The summed E-state index contributed by atoms with van der Waals surface area (Å²) >= 11 is 0. The minimum absolute atomic E-state index is 0.227. The summed E-state index contributed by atoms with van der Waals surface area (Å²) < 4.78 is 10.1. The lowest BCUT2D eigenvalue weighted by Crippen LogP contribution is -2.36. The number of ether oxygens (including phenoxy) is 2. The van der Waals surface area contributed by atoms with Crippen LogP contribution in [0.3, 0.4) is 0 Å². The van der Waals surface area contributed by atoms with Crippen LogP contribution in [0.15, 0.2) is 18.2 Å². The largest absolute Gasteiger partial charge is 0.479 e. The summed E-state index contributed by atoms with van der Waals surface area (Å²) in [7, 11) is 1.29. The van der Waals surface area contributed by atoms with Gasteiger partial charge >= 0.3 is 5.97 Å². The third kappa shape index (κ3) is 4.15. The Bertz CT molecular complexity index is 488. The first kappa shape index (κ1) is 15.8. The lowest BCUT2D eigenvalue weighted by atomic mass is 10.2. The Hall–Kier alpha value is -2.24. The Morgan fingerprint density at radius 3 is 2.70 bits per heavy atom. The fourth-order valence-corrected chi connectivity index (χ4v) is 1.52. The number of nitrogen functional groups attached to an aromatic ring is 1. The van der Waals surface area contributed by atoms with Crippen molar-refractivity contribution in [2.75, 3.05) is 19.4 Å². The van der Waals surface area contributed by atoms with E-state index in [4.69, 9.17) is 10.5 Å². The lowest BCUT2D eigenvalue weighted by Gasteiger charge is -2.16. The number of hydrogen-bond acceptors (Lipinski definition) is 5. The minimum atomic E-state index is -0.697. The molecule has 6 heteroatoms. The summed E-state index contributed by atoms with van der Waals surface area (Å²) in [5.74, 6) is -0.431. The van der Waals surface area contributed by atoms with Crippen molar-refractivity contribution in [2.24, 2.45) is 0 Å². The fourth-order valence-electron chi connectivity index (χ4n) is 1.52. The lowest BCUT2D eigenvalue weighted by molar-refractivity contribution is -0.127. The molecule has 0 heterocycles. The van der Waals surface area contributed by atoms with Crippen molar-refractivity contribution in [2.45, 2.75) is 26.4 Å². The van der Waals surface area contributed by atoms with E-state index < -0.39 is 12.1 Å². The maximum atomic E-state index is 11.7. The van der Waals surface area contributed by atoms with Crippen molar-refractivity contribution in [3.8, 4) is 5.75 Å². The minimum Gasteiger partial charge on any atom is -0.479 e. The maximum Gasteiger partial charge on any atom is 0.337 e. The molecule has 0 bridgehead atoms. The molecule has 110 valence electrons. The smallest absolute Gasteiger partial charge is 0.337 e. The summed E-state index contributed by atoms with van der Waals surface area (Å²) in [5, 5.41) is 2.72. The molecule has 1 atom stereocenters. The van der Waals surface area contributed by atoms with E-state index in [-0.39, 0.29) is 11.7 Å². The third-order valence-corrected chi connectivity index (χ3v) is 2.66. The van der Waals surface area contributed by atoms with Crippen LogP contribution < -0.4 is 15.8 Å². The van der Waals surface area contributed by atoms with E-state index in [9.17, 15) is 9.59 Å². The molecule has 0 saturated carbocycles. The molecule has 0 aliphatic rings. The van der Waals surface area contributed by atoms with E-state index in [1.807, 2.05) is 6.92 Å². The van der Waals surface area contributed by atoms with Gasteiger partial charge in [-0.1, -0.05) is 6.92 Å². The van der Waals surface area contributed by atoms with Crippen LogP contribution >= 0.6 is 0 Å². The van der Waals surface area contributed by atoms with Gasteiger partial charge in [-0.25, -0.2) is 4.79 Å². The van der Waals surface area contributed by atoms with E-state index in [2.05, 4.69) is 10.1 Å². The SMILES string of the molecule is CCCNC(=O)C(C)Oc1cc(C(=O)OC)ccc1N. The van der Waals surface area contributed by atoms with Gasteiger partial charge in [0.05, 0.1) is 18.4 Å². The quantitative estimate of drug-likeness (QED) is 0.606. The predicted octanol–water partition coefficient (Wildman–Crippen LogP) is 1.35. The van der Waals surface area contributed by atoms with Gasteiger partial charge in [0.25, 0.3) is 5.91 Å². The molecule has 1 aromatic rings. The second kappa shape index (κ2) is 7.37. The van der Waals surface area contributed by atoms with Gasteiger partial charge in [-0.2, -0.15) is 0 Å². The number of esters is 1. The zero-order chi connectivity index (χ0) is 15.1. The highest BCUT2D eigenvalue weighted by atomic mass is 16.5. The van der Waals surface area contributed by atoms with Crippen LogP contribution in [0.2, 0.25) is 0 Å². The van der Waals surface area contributed by atoms with Crippen LogP contribution in [-0.2, 0) is 9.53 Å². The number of nitrogens with one attached hydrogen (secondary N) is 1. The van der Waals surface area contributed by atoms with Crippen molar-refractivity contribution in [1.82, 2.24) is 5.32 Å². The average molecular weight is 280 g/mol. The summed E-state index contributed by atoms with van der Waals surface area (Å²) in [5.41, 5.74) is 6.44. The molecule has 1 rings (SSSR count). The van der Waals surface area contributed by atoms with Crippen LogP contribution in [0, 0.1) is 0 Å². The number of anilines is 1. The molecule has 3 N–H and O–H groups in total. The van der Waals surface area contributed by atoms with E-state index >= 15 is 0 Å². The van der Waals surface area contributed by atoms with Gasteiger partial charge in [-0.05, 0) is 31.5 Å². The van der Waals surface area contributed by atoms with Crippen molar-refractivity contribution in [3.05, 3.63) is 23.8 Å². The first-order valence-electron chi connectivity index (χ1n) is 6.41. The molecule has 0 aliphatic heterocycles. The third-order valence-electron chi connectivity index (χ3n) is 2.66. The van der Waals surface area contributed by atoms with E-state index in [1.54, 1.807) is 6.92 Å². The Kier molecular flexibility index (Phi) is 5.83. The Labute approximate surface area is 118 Å². The summed E-state index contributed by atoms with van der Waals surface area (Å²) in [6.07, 6.45) is 0.148. The predicted molar refractivity (Wildman–Crippen MR) is 75.6 cm³/mol. The average Bonchev–Trinajstić information content (AvgIpc) is 2.45. The van der Waals surface area contributed by atoms with Gasteiger partial charge in [0.2, 0.25) is 0 Å². The maximum absolute atomic E-state index is 11.7. The van der Waals surface area contributed by atoms with Gasteiger partial charge in [-0.15, -0.1) is 0 Å². The van der Waals surface area contributed by atoms with Gasteiger partial charge in [-0.3, -0.25) is 4.79 Å². The van der Waals surface area contributed by atoms with Gasteiger partial charge in [0.1, 0.15) is 5.75 Å². The fraction of sp³-hybridized carbons (Fsp3) is 0.429. The second-order valence-electron chi connectivity index (χ2n) is 4.30. The second-order valence-corrected chi connectivity index (χ2v) is 4.30. The van der Waals surface area contributed by atoms with Crippen molar-refractivity contribution < 1.29 is 19.1 Å². The number of rotatable bonds is 6. The number of hydrogen-bond donors (Lipinski definition) is 2. The topological polar surface area (TPSA) is 90.6 Å². The molecular weight excluding hydrogens is 260 g/mol. The van der Waals surface area contributed by atoms with Crippen molar-refractivity contribution in [1.29, 1.82) is 0 Å². The number of carbonyl (C=O) groups is 2. The zero-order valence-electron chi connectivity index (χ0n) is 11.9. The normalized spacial score (nSPS) is 11.6. The van der Waals surface area contributed by atoms with Crippen LogP contribution in [-0.4, -0.2) is 31.6 Å². The molecule has 0 radical (unpaired) electrons. The first-order valence-corrected chi connectivity index (χ1v) is 6.41. The Morgan fingerprint density at radius 2 is 2.10 bits per heavy atom. The van der Waals surface area contributed by atoms with E-state index in [0.717, 1.165) is 6.42 Å². The number of benzene rings is 1. The van der Waals surface area contributed by atoms with Crippen LogP contribution in [0.1, 0.15) is 30.6 Å². The highest BCUT2D eigenvalue weighted by molar-refractivity contribution is 5.90. The molecule has 0 fully saturated rings. The highest BCUT2D eigenvalue weighted by Gasteiger charge is 2.16. The molecule has 1 unspecified atom stereocenters. The highest BCUT2D eigenvalue weighted by Crippen LogP contribution is 2.24. The van der Waals surface area contributed by atoms with Crippen LogP contribution in [0.5, 0.6) is 5.75 Å². The monoisotopic (exact) mass is 280 g/mol. The Morgan fingerprint density at radius 1 is 1.40 bits per heavy atom. The number of nitrogens with two attached hydrogens (primary N) is 1. The first-order chi connectivity index (χ1) is 9.49. The van der Waals surface area contributed by atoms with Crippen molar-refractivity contribution >= 4 is 17.6 Å². The van der Waals surface area contributed by atoms with Gasteiger partial charge in [0, 0.05) is 6.54 Å². The van der Waals surface area contributed by atoms with E-state index in [0.29, 0.717) is 17.8 Å². The molecule has 0 saturated heterocycles. The zero-order valence-corrected chi connectivity index (χ0v) is 11.9. The van der Waals surface area contributed by atoms with Crippen molar-refractivity contribution in [3.63, 3.8) is 0 Å². The van der Waals surface area contributed by atoms with Crippen LogP contribution in [0.25, 0.3) is 0 Å². The summed E-state index contributed by atoms with van der Waals surface area (Å²) in [6.45, 7) is 4.17. The summed E-state index contributed by atoms with van der Waals surface area (Å²) in [6, 6.07) is 4.54.